The van der Waals surface area contributed by atoms with Gasteiger partial charge in [0.25, 0.3) is 0 Å². The summed E-state index contributed by atoms with van der Waals surface area (Å²) in [6.45, 7) is 1.92. The summed E-state index contributed by atoms with van der Waals surface area (Å²) in [5.74, 6) is -1.10. The molecule has 1 aromatic carbocycles. The molecule has 0 spiro atoms. The number of carbonyl (C=O) groups is 2. The minimum atomic E-state index is -0.559. The van der Waals surface area contributed by atoms with Crippen molar-refractivity contribution in [3.63, 3.8) is 0 Å². The molecule has 100 valence electrons. The van der Waals surface area contributed by atoms with Crippen LogP contribution in [0.1, 0.15) is 26.4 Å². The fourth-order valence-electron chi connectivity index (χ4n) is 2.20. The van der Waals surface area contributed by atoms with Gasteiger partial charge in [-0.3, -0.25) is 0 Å². The average Bonchev–Trinajstić information content (AvgIpc) is 2.69. The number of carbonyl (C=O) groups excluding carboxylic acids is 2. The van der Waals surface area contributed by atoms with Crippen LogP contribution in [0.3, 0.4) is 0 Å². The van der Waals surface area contributed by atoms with Crippen LogP contribution in [0.5, 0.6) is 0 Å². The van der Waals surface area contributed by atoms with Crippen molar-refractivity contribution in [2.75, 3.05) is 14.2 Å². The number of aryl methyl sites for hydroxylation is 2. The largest absolute Gasteiger partial charge is 0.465 e. The second-order valence-corrected chi connectivity index (χ2v) is 4.29. The van der Waals surface area contributed by atoms with Crippen LogP contribution in [-0.2, 0) is 16.5 Å². The molecule has 1 aromatic heterocycles. The third kappa shape index (κ3) is 1.97. The summed E-state index contributed by atoms with van der Waals surface area (Å²) in [7, 11) is 4.29. The molecule has 0 fully saturated rings. The lowest BCUT2D eigenvalue weighted by atomic mass is 10.1. The van der Waals surface area contributed by atoms with Gasteiger partial charge in [-0.2, -0.15) is 0 Å². The highest BCUT2D eigenvalue weighted by Gasteiger charge is 2.27. The van der Waals surface area contributed by atoms with Gasteiger partial charge in [0.1, 0.15) is 11.3 Å². The van der Waals surface area contributed by atoms with Gasteiger partial charge < -0.3 is 14.0 Å². The lowest BCUT2D eigenvalue weighted by Crippen LogP contribution is -2.13. The summed E-state index contributed by atoms with van der Waals surface area (Å²) in [6, 6.07) is 5.64. The van der Waals surface area contributed by atoms with Gasteiger partial charge in [0.05, 0.1) is 14.2 Å². The van der Waals surface area contributed by atoms with Crippen LogP contribution in [0.4, 0.5) is 0 Å². The van der Waals surface area contributed by atoms with E-state index in [2.05, 4.69) is 0 Å². The molecule has 0 aliphatic heterocycles. The molecule has 0 radical (unpaired) electrons. The average molecular weight is 261 g/mol. The Hall–Kier alpha value is -2.30. The van der Waals surface area contributed by atoms with Crippen LogP contribution < -0.4 is 0 Å². The monoisotopic (exact) mass is 261 g/mol. The maximum atomic E-state index is 11.9. The van der Waals surface area contributed by atoms with Gasteiger partial charge in [-0.25, -0.2) is 9.59 Å². The summed E-state index contributed by atoms with van der Waals surface area (Å²) in [4.78, 5) is 23.8. The molecule has 1 heterocycles. The predicted molar refractivity (Wildman–Crippen MR) is 70.3 cm³/mol. The molecule has 19 heavy (non-hydrogen) atoms. The predicted octanol–water partition coefficient (Wildman–Crippen LogP) is 2.06. The smallest absolute Gasteiger partial charge is 0.355 e. The fraction of sp³-hybridized carbons (Fsp3) is 0.286. The normalized spacial score (nSPS) is 10.5. The zero-order valence-corrected chi connectivity index (χ0v) is 11.3. The van der Waals surface area contributed by atoms with Crippen LogP contribution in [0.2, 0.25) is 0 Å². The number of hydrogen-bond donors (Lipinski definition) is 0. The topological polar surface area (TPSA) is 57.5 Å². The molecule has 0 aliphatic carbocycles. The number of rotatable bonds is 2. The Morgan fingerprint density at radius 3 is 2.32 bits per heavy atom. The summed E-state index contributed by atoms with van der Waals surface area (Å²) in [6.07, 6.45) is 0. The van der Waals surface area contributed by atoms with E-state index in [1.165, 1.54) is 14.2 Å². The standard InChI is InChI=1S/C14H15NO4/c1-8-5-6-10-9(7-8)11(13(16)18-3)12(15(10)2)14(17)19-4/h5-7H,1-4H3. The number of esters is 2. The zero-order chi connectivity index (χ0) is 14.2. The molecule has 0 amide bonds. The van der Waals surface area contributed by atoms with Crippen molar-refractivity contribution in [3.8, 4) is 0 Å². The molecule has 5 heteroatoms. The Balaban J connectivity index is 2.89. The maximum absolute atomic E-state index is 11.9. The minimum Gasteiger partial charge on any atom is -0.465 e. The first-order valence-electron chi connectivity index (χ1n) is 5.77. The van der Waals surface area contributed by atoms with Crippen LogP contribution in [0.15, 0.2) is 18.2 Å². The summed E-state index contributed by atoms with van der Waals surface area (Å²) in [5, 5.41) is 0.690. The molecule has 0 atom stereocenters. The first-order valence-corrected chi connectivity index (χ1v) is 5.77. The maximum Gasteiger partial charge on any atom is 0.355 e. The van der Waals surface area contributed by atoms with Crippen molar-refractivity contribution in [1.82, 2.24) is 4.57 Å². The highest BCUT2D eigenvalue weighted by molar-refractivity contribution is 6.13. The van der Waals surface area contributed by atoms with E-state index < -0.39 is 11.9 Å². The molecule has 2 aromatic rings. The zero-order valence-electron chi connectivity index (χ0n) is 11.3. The van der Waals surface area contributed by atoms with E-state index in [1.54, 1.807) is 11.6 Å². The molecule has 0 saturated carbocycles. The van der Waals surface area contributed by atoms with Crippen molar-refractivity contribution < 1.29 is 19.1 Å². The number of hydrogen-bond acceptors (Lipinski definition) is 4. The molecular weight excluding hydrogens is 246 g/mol. The molecule has 5 nitrogen and oxygen atoms in total. The first-order chi connectivity index (χ1) is 9.01. The second-order valence-electron chi connectivity index (χ2n) is 4.29. The van der Waals surface area contributed by atoms with E-state index >= 15 is 0 Å². The van der Waals surface area contributed by atoms with Gasteiger partial charge in [0, 0.05) is 18.0 Å². The second kappa shape index (κ2) is 4.76. The third-order valence-corrected chi connectivity index (χ3v) is 3.12. The van der Waals surface area contributed by atoms with Crippen molar-refractivity contribution >= 4 is 22.8 Å². The van der Waals surface area contributed by atoms with Crippen molar-refractivity contribution in [2.45, 2.75) is 6.92 Å². The van der Waals surface area contributed by atoms with Gasteiger partial charge in [-0.1, -0.05) is 11.6 Å². The Bertz CT molecular complexity index is 670. The number of ether oxygens (including phenoxy) is 2. The van der Waals surface area contributed by atoms with Crippen LogP contribution in [0.25, 0.3) is 10.9 Å². The molecule has 0 N–H and O–H groups in total. The number of fused-ring (bicyclic) bond motifs is 1. The Morgan fingerprint density at radius 1 is 1.11 bits per heavy atom. The van der Waals surface area contributed by atoms with E-state index in [1.807, 2.05) is 25.1 Å². The Kier molecular flexibility index (Phi) is 3.29. The quantitative estimate of drug-likeness (QED) is 0.776. The van der Waals surface area contributed by atoms with E-state index in [-0.39, 0.29) is 11.3 Å². The molecule has 0 aliphatic rings. The highest BCUT2D eigenvalue weighted by Crippen LogP contribution is 2.27. The Labute approximate surface area is 110 Å². The number of nitrogens with zero attached hydrogens (tertiary/aromatic N) is 1. The van der Waals surface area contributed by atoms with Crippen molar-refractivity contribution in [1.29, 1.82) is 0 Å². The molecular formula is C14H15NO4. The van der Waals surface area contributed by atoms with E-state index in [4.69, 9.17) is 9.47 Å². The van der Waals surface area contributed by atoms with Crippen LogP contribution in [-0.4, -0.2) is 30.7 Å². The van der Waals surface area contributed by atoms with Crippen LogP contribution >= 0.6 is 0 Å². The van der Waals surface area contributed by atoms with Gasteiger partial charge in [0.15, 0.2) is 0 Å². The lowest BCUT2D eigenvalue weighted by Gasteiger charge is -2.04. The number of aromatic nitrogens is 1. The summed E-state index contributed by atoms with van der Waals surface area (Å²) >= 11 is 0. The van der Waals surface area contributed by atoms with E-state index in [0.29, 0.717) is 5.39 Å². The van der Waals surface area contributed by atoms with Crippen LogP contribution in [0, 0.1) is 6.92 Å². The molecule has 2 rings (SSSR count). The summed E-state index contributed by atoms with van der Waals surface area (Å²) < 4.78 is 11.2. The molecule has 0 unspecified atom stereocenters. The minimum absolute atomic E-state index is 0.204. The third-order valence-electron chi connectivity index (χ3n) is 3.12. The van der Waals surface area contributed by atoms with Crippen molar-refractivity contribution in [2.24, 2.45) is 7.05 Å². The summed E-state index contributed by atoms with van der Waals surface area (Å²) in [5.41, 5.74) is 2.23. The van der Waals surface area contributed by atoms with Crippen molar-refractivity contribution in [3.05, 3.63) is 35.0 Å². The first kappa shape index (κ1) is 13.1. The van der Waals surface area contributed by atoms with Gasteiger partial charge in [0.2, 0.25) is 0 Å². The molecule has 0 bridgehead atoms. The highest BCUT2D eigenvalue weighted by atomic mass is 16.5. The van der Waals surface area contributed by atoms with Gasteiger partial charge in [-0.15, -0.1) is 0 Å². The van der Waals surface area contributed by atoms with Gasteiger partial charge >= 0.3 is 11.9 Å². The number of benzene rings is 1. The van der Waals surface area contributed by atoms with E-state index in [0.717, 1.165) is 11.1 Å². The lowest BCUT2D eigenvalue weighted by molar-refractivity contribution is 0.0549. The fourth-order valence-corrected chi connectivity index (χ4v) is 2.20. The number of methoxy groups -OCH3 is 2. The Morgan fingerprint density at radius 2 is 1.74 bits per heavy atom. The SMILES string of the molecule is COC(=O)c1c(C(=O)OC)n(C)c2ccc(C)cc12. The van der Waals surface area contributed by atoms with Gasteiger partial charge in [-0.05, 0) is 19.1 Å². The van der Waals surface area contributed by atoms with E-state index in [9.17, 15) is 9.59 Å². The molecule has 0 saturated heterocycles.